The third-order valence-corrected chi connectivity index (χ3v) is 2.28. The summed E-state index contributed by atoms with van der Waals surface area (Å²) in [5, 5.41) is 9.18. The summed E-state index contributed by atoms with van der Waals surface area (Å²) in [4.78, 5) is 11.4. The number of hydrogen-bond donors (Lipinski definition) is 1. The molecular weight excluding hydrogens is 204 g/mol. The summed E-state index contributed by atoms with van der Waals surface area (Å²) in [6, 6.07) is 6.28. The van der Waals surface area contributed by atoms with Gasteiger partial charge in [-0.1, -0.05) is 32.3 Å². The molecule has 1 aromatic rings. The SMILES string of the molecule is CCCCCCC(=O)Oc1cccc(O)c1. The lowest BCUT2D eigenvalue weighted by Gasteiger charge is -2.04. The minimum Gasteiger partial charge on any atom is -0.508 e. The van der Waals surface area contributed by atoms with Gasteiger partial charge in [-0.3, -0.25) is 4.79 Å². The van der Waals surface area contributed by atoms with Crippen molar-refractivity contribution < 1.29 is 14.6 Å². The molecule has 0 saturated carbocycles. The third kappa shape index (κ3) is 4.82. The fourth-order valence-electron chi connectivity index (χ4n) is 1.43. The van der Waals surface area contributed by atoms with Crippen molar-refractivity contribution in [3.05, 3.63) is 24.3 Å². The van der Waals surface area contributed by atoms with Gasteiger partial charge in [0.1, 0.15) is 11.5 Å². The van der Waals surface area contributed by atoms with Crippen molar-refractivity contribution in [3.63, 3.8) is 0 Å². The Labute approximate surface area is 96.1 Å². The van der Waals surface area contributed by atoms with E-state index in [1.165, 1.54) is 6.07 Å². The molecule has 0 aromatic heterocycles. The topological polar surface area (TPSA) is 46.5 Å². The van der Waals surface area contributed by atoms with E-state index in [2.05, 4.69) is 6.92 Å². The Balaban J connectivity index is 2.29. The maximum atomic E-state index is 11.4. The highest BCUT2D eigenvalue weighted by atomic mass is 16.5. The van der Waals surface area contributed by atoms with Gasteiger partial charge in [-0.15, -0.1) is 0 Å². The Hall–Kier alpha value is -1.51. The average Bonchev–Trinajstić information content (AvgIpc) is 2.24. The number of rotatable bonds is 6. The van der Waals surface area contributed by atoms with Crippen LogP contribution in [0.15, 0.2) is 24.3 Å². The molecule has 0 fully saturated rings. The highest BCUT2D eigenvalue weighted by Gasteiger charge is 2.04. The summed E-state index contributed by atoms with van der Waals surface area (Å²) < 4.78 is 5.08. The van der Waals surface area contributed by atoms with Crippen molar-refractivity contribution >= 4 is 5.97 Å². The van der Waals surface area contributed by atoms with Gasteiger partial charge in [0, 0.05) is 12.5 Å². The molecule has 1 rings (SSSR count). The lowest BCUT2D eigenvalue weighted by Crippen LogP contribution is -2.07. The van der Waals surface area contributed by atoms with Crippen LogP contribution < -0.4 is 4.74 Å². The van der Waals surface area contributed by atoms with Crippen LogP contribution >= 0.6 is 0 Å². The molecule has 0 aliphatic heterocycles. The Kier molecular flexibility index (Phi) is 5.40. The van der Waals surface area contributed by atoms with E-state index in [-0.39, 0.29) is 11.7 Å². The number of aromatic hydroxyl groups is 1. The summed E-state index contributed by atoms with van der Waals surface area (Å²) >= 11 is 0. The molecule has 88 valence electrons. The van der Waals surface area contributed by atoms with E-state index in [1.54, 1.807) is 18.2 Å². The number of unbranched alkanes of at least 4 members (excludes halogenated alkanes) is 3. The molecule has 0 atom stereocenters. The second-order valence-electron chi connectivity index (χ2n) is 3.78. The minimum atomic E-state index is -0.235. The molecule has 3 heteroatoms. The predicted octanol–water partition coefficient (Wildman–Crippen LogP) is 3.27. The van der Waals surface area contributed by atoms with E-state index >= 15 is 0 Å². The van der Waals surface area contributed by atoms with E-state index in [4.69, 9.17) is 4.74 Å². The molecule has 0 radical (unpaired) electrons. The van der Waals surface area contributed by atoms with Crippen molar-refractivity contribution in [2.24, 2.45) is 0 Å². The van der Waals surface area contributed by atoms with E-state index in [0.29, 0.717) is 12.2 Å². The van der Waals surface area contributed by atoms with Crippen LogP contribution in [0.1, 0.15) is 39.0 Å². The van der Waals surface area contributed by atoms with Crippen LogP contribution in [0.2, 0.25) is 0 Å². The number of esters is 1. The van der Waals surface area contributed by atoms with Crippen LogP contribution in [0, 0.1) is 0 Å². The lowest BCUT2D eigenvalue weighted by molar-refractivity contribution is -0.134. The van der Waals surface area contributed by atoms with Gasteiger partial charge in [-0.25, -0.2) is 0 Å². The number of carbonyl (C=O) groups is 1. The molecule has 0 bridgehead atoms. The Morgan fingerprint density at radius 2 is 2.12 bits per heavy atom. The summed E-state index contributed by atoms with van der Waals surface area (Å²) in [7, 11) is 0. The maximum Gasteiger partial charge on any atom is 0.311 e. The van der Waals surface area contributed by atoms with Gasteiger partial charge in [0.25, 0.3) is 0 Å². The molecule has 0 saturated heterocycles. The van der Waals surface area contributed by atoms with Crippen molar-refractivity contribution in [1.82, 2.24) is 0 Å². The summed E-state index contributed by atoms with van der Waals surface area (Å²) in [6.45, 7) is 2.13. The normalized spacial score (nSPS) is 10.1. The van der Waals surface area contributed by atoms with Crippen LogP contribution in [0.25, 0.3) is 0 Å². The molecule has 0 spiro atoms. The van der Waals surface area contributed by atoms with Gasteiger partial charge in [-0.2, -0.15) is 0 Å². The van der Waals surface area contributed by atoms with E-state index in [1.807, 2.05) is 0 Å². The lowest BCUT2D eigenvalue weighted by atomic mass is 10.1. The first-order valence-corrected chi connectivity index (χ1v) is 5.72. The molecular formula is C13H18O3. The number of carbonyl (C=O) groups excluding carboxylic acids is 1. The quantitative estimate of drug-likeness (QED) is 0.456. The van der Waals surface area contributed by atoms with Crippen LogP contribution in [0.4, 0.5) is 0 Å². The van der Waals surface area contributed by atoms with Crippen LogP contribution in [0.5, 0.6) is 11.5 Å². The zero-order valence-corrected chi connectivity index (χ0v) is 9.61. The van der Waals surface area contributed by atoms with Gasteiger partial charge < -0.3 is 9.84 Å². The van der Waals surface area contributed by atoms with Gasteiger partial charge in [-0.05, 0) is 18.6 Å². The number of phenolic OH excluding ortho intramolecular Hbond substituents is 1. The fourth-order valence-corrected chi connectivity index (χ4v) is 1.43. The second kappa shape index (κ2) is 6.88. The van der Waals surface area contributed by atoms with Crippen LogP contribution in [-0.2, 0) is 4.79 Å². The van der Waals surface area contributed by atoms with Crippen molar-refractivity contribution in [3.8, 4) is 11.5 Å². The monoisotopic (exact) mass is 222 g/mol. The minimum absolute atomic E-state index is 0.108. The summed E-state index contributed by atoms with van der Waals surface area (Å²) in [5.41, 5.74) is 0. The molecule has 3 nitrogen and oxygen atoms in total. The number of ether oxygens (including phenoxy) is 1. The Bertz CT molecular complexity index is 334. The smallest absolute Gasteiger partial charge is 0.311 e. The summed E-state index contributed by atoms with van der Waals surface area (Å²) in [6.07, 6.45) is 4.67. The molecule has 1 aromatic carbocycles. The molecule has 0 heterocycles. The van der Waals surface area contributed by atoms with Gasteiger partial charge >= 0.3 is 5.97 Å². The Morgan fingerprint density at radius 1 is 1.31 bits per heavy atom. The largest absolute Gasteiger partial charge is 0.508 e. The van der Waals surface area contributed by atoms with Gasteiger partial charge in [0.15, 0.2) is 0 Å². The van der Waals surface area contributed by atoms with E-state index in [9.17, 15) is 9.90 Å². The predicted molar refractivity (Wildman–Crippen MR) is 62.5 cm³/mol. The number of benzene rings is 1. The number of hydrogen-bond acceptors (Lipinski definition) is 3. The van der Waals surface area contributed by atoms with Crippen molar-refractivity contribution in [1.29, 1.82) is 0 Å². The third-order valence-electron chi connectivity index (χ3n) is 2.28. The molecule has 0 amide bonds. The maximum absolute atomic E-state index is 11.4. The van der Waals surface area contributed by atoms with E-state index in [0.717, 1.165) is 25.7 Å². The first kappa shape index (κ1) is 12.6. The van der Waals surface area contributed by atoms with Crippen LogP contribution in [0.3, 0.4) is 0 Å². The molecule has 0 aliphatic rings. The zero-order chi connectivity index (χ0) is 11.8. The standard InChI is InChI=1S/C13H18O3/c1-2-3-4-5-9-13(15)16-12-8-6-7-11(14)10-12/h6-8,10,14H,2-5,9H2,1H3. The highest BCUT2D eigenvalue weighted by molar-refractivity contribution is 5.72. The first-order valence-electron chi connectivity index (χ1n) is 5.72. The molecule has 1 N–H and O–H groups in total. The summed E-state index contributed by atoms with van der Waals surface area (Å²) in [5.74, 6) is 0.276. The number of phenols is 1. The van der Waals surface area contributed by atoms with Crippen molar-refractivity contribution in [2.45, 2.75) is 39.0 Å². The molecule has 0 unspecified atom stereocenters. The van der Waals surface area contributed by atoms with Crippen LogP contribution in [-0.4, -0.2) is 11.1 Å². The highest BCUT2D eigenvalue weighted by Crippen LogP contribution is 2.18. The van der Waals surface area contributed by atoms with Gasteiger partial charge in [0.05, 0.1) is 0 Å². The Morgan fingerprint density at radius 3 is 2.81 bits per heavy atom. The first-order chi connectivity index (χ1) is 7.72. The molecule has 16 heavy (non-hydrogen) atoms. The second-order valence-corrected chi connectivity index (χ2v) is 3.78. The van der Waals surface area contributed by atoms with Crippen molar-refractivity contribution in [2.75, 3.05) is 0 Å². The zero-order valence-electron chi connectivity index (χ0n) is 9.61. The fraction of sp³-hybridized carbons (Fsp3) is 0.462. The van der Waals surface area contributed by atoms with Gasteiger partial charge in [0.2, 0.25) is 0 Å². The van der Waals surface area contributed by atoms with E-state index < -0.39 is 0 Å². The average molecular weight is 222 g/mol. The molecule has 0 aliphatic carbocycles.